The molecule has 17 heavy (non-hydrogen) atoms. The van der Waals surface area contributed by atoms with E-state index in [0.29, 0.717) is 5.92 Å². The van der Waals surface area contributed by atoms with Crippen LogP contribution in [0.3, 0.4) is 0 Å². The van der Waals surface area contributed by atoms with Crippen LogP contribution in [-0.2, 0) is 0 Å². The molecule has 0 aromatic carbocycles. The molecule has 1 aromatic heterocycles. The lowest BCUT2D eigenvalue weighted by atomic mass is 10.0. The lowest BCUT2D eigenvalue weighted by Crippen LogP contribution is -2.33. The van der Waals surface area contributed by atoms with Crippen molar-refractivity contribution >= 4 is 11.7 Å². The monoisotopic (exact) mass is 234 g/mol. The van der Waals surface area contributed by atoms with Gasteiger partial charge in [0.1, 0.15) is 0 Å². The normalized spacial score (nSPS) is 21.0. The Labute approximate surface area is 101 Å². The van der Waals surface area contributed by atoms with E-state index in [0.717, 1.165) is 25.9 Å². The molecular formula is C12H18N4O. The highest BCUT2D eigenvalue weighted by molar-refractivity contribution is 5.96. The number of hydrogen-bond donors (Lipinski definition) is 1. The number of nitrogen functional groups attached to an aromatic ring is 1. The number of carbonyl (C=O) groups excluding carboxylic acids is 1. The van der Waals surface area contributed by atoms with Crippen molar-refractivity contribution in [2.45, 2.75) is 26.2 Å². The van der Waals surface area contributed by atoms with E-state index in [2.05, 4.69) is 16.9 Å². The number of carbonyl (C=O) groups is 1. The lowest BCUT2D eigenvalue weighted by molar-refractivity contribution is 0.0755. The lowest BCUT2D eigenvalue weighted by Gasteiger charge is -2.20. The Balaban J connectivity index is 2.12. The third kappa shape index (κ3) is 2.72. The van der Waals surface area contributed by atoms with Crippen LogP contribution in [0.4, 0.5) is 5.82 Å². The average Bonchev–Trinajstić information content (AvgIpc) is 2.54. The van der Waals surface area contributed by atoms with Gasteiger partial charge in [-0.25, -0.2) is 9.97 Å². The zero-order chi connectivity index (χ0) is 12.3. The second-order valence-corrected chi connectivity index (χ2v) is 4.62. The first-order valence-corrected chi connectivity index (χ1v) is 6.04. The minimum absolute atomic E-state index is 0.0929. The van der Waals surface area contributed by atoms with Crippen LogP contribution < -0.4 is 5.73 Å². The topological polar surface area (TPSA) is 72.1 Å². The van der Waals surface area contributed by atoms with Gasteiger partial charge < -0.3 is 10.6 Å². The molecule has 2 N–H and O–H groups in total. The molecule has 0 radical (unpaired) electrons. The van der Waals surface area contributed by atoms with E-state index >= 15 is 0 Å². The van der Waals surface area contributed by atoms with Crippen LogP contribution in [0.2, 0.25) is 0 Å². The van der Waals surface area contributed by atoms with Gasteiger partial charge in [0.25, 0.3) is 5.91 Å². The molecule has 1 aliphatic rings. The van der Waals surface area contributed by atoms with Gasteiger partial charge in [0.15, 0.2) is 11.5 Å². The van der Waals surface area contributed by atoms with Gasteiger partial charge in [0, 0.05) is 25.5 Å². The summed E-state index contributed by atoms with van der Waals surface area (Å²) in [6.45, 7) is 3.81. The Hall–Kier alpha value is -1.65. The highest BCUT2D eigenvalue weighted by Gasteiger charge is 2.22. The van der Waals surface area contributed by atoms with Crippen LogP contribution in [0.15, 0.2) is 12.4 Å². The molecule has 0 unspecified atom stereocenters. The largest absolute Gasteiger partial charge is 0.382 e. The van der Waals surface area contributed by atoms with Crippen LogP contribution in [0, 0.1) is 5.92 Å². The van der Waals surface area contributed by atoms with Crippen LogP contribution >= 0.6 is 0 Å². The van der Waals surface area contributed by atoms with Crippen LogP contribution in [-0.4, -0.2) is 33.9 Å². The molecule has 0 aliphatic carbocycles. The van der Waals surface area contributed by atoms with E-state index in [1.54, 1.807) is 0 Å². The molecule has 0 spiro atoms. The molecule has 92 valence electrons. The first-order chi connectivity index (χ1) is 8.18. The fourth-order valence-corrected chi connectivity index (χ4v) is 2.13. The summed E-state index contributed by atoms with van der Waals surface area (Å²) in [4.78, 5) is 22.0. The first kappa shape index (κ1) is 11.8. The van der Waals surface area contributed by atoms with Gasteiger partial charge >= 0.3 is 0 Å². The van der Waals surface area contributed by atoms with Crippen molar-refractivity contribution in [1.82, 2.24) is 14.9 Å². The molecule has 1 saturated heterocycles. The Morgan fingerprint density at radius 2 is 2.12 bits per heavy atom. The number of hydrogen-bond acceptors (Lipinski definition) is 4. The van der Waals surface area contributed by atoms with Crippen LogP contribution in [0.1, 0.15) is 36.7 Å². The van der Waals surface area contributed by atoms with Gasteiger partial charge in [-0.3, -0.25) is 4.79 Å². The van der Waals surface area contributed by atoms with Crippen molar-refractivity contribution in [2.24, 2.45) is 5.92 Å². The minimum atomic E-state index is -0.0929. The summed E-state index contributed by atoms with van der Waals surface area (Å²) in [5.74, 6) is 0.812. The van der Waals surface area contributed by atoms with Gasteiger partial charge in [-0.15, -0.1) is 0 Å². The summed E-state index contributed by atoms with van der Waals surface area (Å²) in [5.41, 5.74) is 5.95. The molecule has 1 atom stereocenters. The second kappa shape index (κ2) is 5.12. The van der Waals surface area contributed by atoms with Gasteiger partial charge in [-0.05, 0) is 25.2 Å². The molecular weight excluding hydrogens is 216 g/mol. The maximum absolute atomic E-state index is 12.2. The van der Waals surface area contributed by atoms with Crippen molar-refractivity contribution in [3.63, 3.8) is 0 Å². The van der Waals surface area contributed by atoms with E-state index < -0.39 is 0 Å². The van der Waals surface area contributed by atoms with Gasteiger partial charge in [0.2, 0.25) is 0 Å². The molecule has 1 aromatic rings. The zero-order valence-corrected chi connectivity index (χ0v) is 10.1. The average molecular weight is 234 g/mol. The van der Waals surface area contributed by atoms with Gasteiger partial charge in [-0.2, -0.15) is 0 Å². The second-order valence-electron chi connectivity index (χ2n) is 4.62. The molecule has 0 saturated carbocycles. The van der Waals surface area contributed by atoms with E-state index in [-0.39, 0.29) is 17.4 Å². The molecule has 5 nitrogen and oxygen atoms in total. The maximum atomic E-state index is 12.2. The zero-order valence-electron chi connectivity index (χ0n) is 10.1. The van der Waals surface area contributed by atoms with E-state index in [1.807, 2.05) is 4.90 Å². The summed E-state index contributed by atoms with van der Waals surface area (Å²) < 4.78 is 0. The van der Waals surface area contributed by atoms with Crippen molar-refractivity contribution in [3.05, 3.63) is 18.1 Å². The van der Waals surface area contributed by atoms with E-state index in [9.17, 15) is 4.79 Å². The Morgan fingerprint density at radius 3 is 2.88 bits per heavy atom. The first-order valence-electron chi connectivity index (χ1n) is 6.04. The predicted molar refractivity (Wildman–Crippen MR) is 65.4 cm³/mol. The molecule has 2 rings (SSSR count). The number of nitrogens with zero attached hydrogens (tertiary/aromatic N) is 3. The number of amides is 1. The highest BCUT2D eigenvalue weighted by atomic mass is 16.2. The van der Waals surface area contributed by atoms with Crippen LogP contribution in [0.25, 0.3) is 0 Å². The van der Waals surface area contributed by atoms with Crippen molar-refractivity contribution < 1.29 is 4.79 Å². The van der Waals surface area contributed by atoms with Crippen LogP contribution in [0.5, 0.6) is 0 Å². The third-order valence-electron chi connectivity index (χ3n) is 3.23. The smallest absolute Gasteiger partial charge is 0.276 e. The third-order valence-corrected chi connectivity index (χ3v) is 3.23. The van der Waals surface area contributed by atoms with E-state index in [4.69, 9.17) is 5.73 Å². The Bertz CT molecular complexity index is 407. The summed E-state index contributed by atoms with van der Waals surface area (Å²) in [6.07, 6.45) is 6.28. The predicted octanol–water partition coefficient (Wildman–Crippen LogP) is 1.32. The standard InChI is InChI=1S/C12H18N4O/c1-9-3-2-7-16(8-4-9)12(17)10-11(13)15-6-5-14-10/h5-6,9H,2-4,7-8H2,1H3,(H2,13,15)/t9-/m1/s1. The Morgan fingerprint density at radius 1 is 1.35 bits per heavy atom. The highest BCUT2D eigenvalue weighted by Crippen LogP contribution is 2.18. The minimum Gasteiger partial charge on any atom is -0.382 e. The van der Waals surface area contributed by atoms with Gasteiger partial charge in [-0.1, -0.05) is 6.92 Å². The number of anilines is 1. The molecule has 1 amide bonds. The number of rotatable bonds is 1. The Kier molecular flexibility index (Phi) is 3.56. The van der Waals surface area contributed by atoms with Crippen molar-refractivity contribution in [2.75, 3.05) is 18.8 Å². The number of aromatic nitrogens is 2. The summed E-state index contributed by atoms with van der Waals surface area (Å²) in [6, 6.07) is 0. The fourth-order valence-electron chi connectivity index (χ4n) is 2.13. The molecule has 1 aliphatic heterocycles. The van der Waals surface area contributed by atoms with E-state index in [1.165, 1.54) is 18.8 Å². The summed E-state index contributed by atoms with van der Waals surface area (Å²) in [5, 5.41) is 0. The molecule has 0 bridgehead atoms. The number of likely N-dealkylation sites (tertiary alicyclic amines) is 1. The molecule has 5 heteroatoms. The van der Waals surface area contributed by atoms with Crippen molar-refractivity contribution in [3.8, 4) is 0 Å². The summed E-state index contributed by atoms with van der Waals surface area (Å²) in [7, 11) is 0. The quantitative estimate of drug-likeness (QED) is 0.795. The molecule has 2 heterocycles. The van der Waals surface area contributed by atoms with Crippen molar-refractivity contribution in [1.29, 1.82) is 0 Å². The van der Waals surface area contributed by atoms with Gasteiger partial charge in [0.05, 0.1) is 0 Å². The fraction of sp³-hybridized carbons (Fsp3) is 0.583. The maximum Gasteiger partial charge on any atom is 0.276 e. The molecule has 1 fully saturated rings. The number of nitrogens with two attached hydrogens (primary N) is 1. The summed E-state index contributed by atoms with van der Waals surface area (Å²) >= 11 is 0. The SMILES string of the molecule is C[C@@H]1CCCN(C(=O)c2nccnc2N)CC1.